The van der Waals surface area contributed by atoms with Crippen LogP contribution in [0, 0.1) is 44.8 Å². The first-order chi connectivity index (χ1) is 30.8. The van der Waals surface area contributed by atoms with Crippen molar-refractivity contribution in [2.45, 2.75) is 179 Å². The minimum atomic E-state index is -2.48. The molecule has 2 heterocycles. The summed E-state index contributed by atoms with van der Waals surface area (Å²) in [5.74, 6) is -5.67. The van der Waals surface area contributed by atoms with Crippen LogP contribution in [0.1, 0.15) is 98.8 Å². The van der Waals surface area contributed by atoms with Crippen molar-refractivity contribution in [2.75, 3.05) is 13.2 Å². The Labute approximate surface area is 382 Å². The number of aliphatic carboxylic acids is 3. The molecule has 0 aromatic rings. The maximum absolute atomic E-state index is 14.5. The zero-order chi connectivity index (χ0) is 48.6. The fourth-order valence-electron chi connectivity index (χ4n) is 13.9. The highest BCUT2D eigenvalue weighted by atomic mass is 16.7. The summed E-state index contributed by atoms with van der Waals surface area (Å²) >= 11 is 0. The van der Waals surface area contributed by atoms with Gasteiger partial charge in [-0.1, -0.05) is 58.4 Å². The van der Waals surface area contributed by atoms with E-state index >= 15 is 0 Å². The number of ether oxygens (including phenoxy) is 6. The van der Waals surface area contributed by atoms with Crippen LogP contribution in [-0.2, 0) is 47.6 Å². The molecular formula is C46H68O20. The maximum Gasteiger partial charge on any atom is 0.337 e. The Hall–Kier alpha value is -3.12. The third-order valence-corrected chi connectivity index (χ3v) is 17.7. The standard InChI is InChI=1S/C46H68O20/c1-20-9-14-46(41(60)66-39-30(52)29(51)28(50)23(18-47)62-39)16-15-44(5)21(22(46)17-20)7-8-25-43(4)12-11-26(42(2,3)24(43)10-13-45(25,44)6)63-40-32(54)34(31(53)35(65-40)37(58)59)64-38(33(55)36(56)57)61-19-27(48)49/h7,22-26,28-35,38-40,47,50-55H,1,8-19H2,2-6H3,(H,48,49)(H,56,57)(H,58,59)/t22-,23+,24-,25+,26-,28+,29-,30+,31-,32+,33+,34-,35-,38-,39-,40+,43-,44+,45+,46-/m0/s1. The van der Waals surface area contributed by atoms with Crippen molar-refractivity contribution in [2.24, 2.45) is 44.8 Å². The molecule has 0 bridgehead atoms. The number of esters is 1. The smallest absolute Gasteiger partial charge is 0.337 e. The van der Waals surface area contributed by atoms with E-state index in [1.54, 1.807) is 0 Å². The Kier molecular flexibility index (Phi) is 14.1. The highest BCUT2D eigenvalue weighted by molar-refractivity contribution is 5.79. The molecule has 0 unspecified atom stereocenters. The lowest BCUT2D eigenvalue weighted by atomic mass is 9.34. The van der Waals surface area contributed by atoms with Crippen LogP contribution in [-0.4, -0.2) is 168 Å². The molecular weight excluding hydrogens is 872 g/mol. The zero-order valence-corrected chi connectivity index (χ0v) is 38.1. The summed E-state index contributed by atoms with van der Waals surface area (Å²) in [5.41, 5.74) is -0.234. The Morgan fingerprint density at radius 3 is 2.17 bits per heavy atom. The number of aliphatic hydroxyl groups is 7. The number of hydrogen-bond acceptors (Lipinski definition) is 17. The van der Waals surface area contributed by atoms with E-state index in [0.29, 0.717) is 51.4 Å². The molecule has 7 rings (SSSR count). The first-order valence-electron chi connectivity index (χ1n) is 23.0. The second-order valence-electron chi connectivity index (χ2n) is 21.2. The van der Waals surface area contributed by atoms with Crippen molar-refractivity contribution in [3.05, 3.63) is 23.8 Å². The predicted octanol–water partition coefficient (Wildman–Crippen LogP) is 0.836. The number of aliphatic hydroxyl groups excluding tert-OH is 7. The van der Waals surface area contributed by atoms with Crippen LogP contribution < -0.4 is 0 Å². The Bertz CT molecular complexity index is 1920. The van der Waals surface area contributed by atoms with E-state index < -0.39 is 128 Å². The van der Waals surface area contributed by atoms with E-state index in [4.69, 9.17) is 33.5 Å². The van der Waals surface area contributed by atoms with Crippen molar-refractivity contribution in [3.8, 4) is 0 Å². The molecule has 10 N–H and O–H groups in total. The van der Waals surface area contributed by atoms with Crippen LogP contribution in [0.15, 0.2) is 23.8 Å². The molecule has 0 radical (unpaired) electrons. The summed E-state index contributed by atoms with van der Waals surface area (Å²) in [7, 11) is 0. The average Bonchev–Trinajstić information content (AvgIpc) is 3.25. The normalized spacial score (nSPS) is 46.2. The number of carbonyl (C=O) groups is 4. The van der Waals surface area contributed by atoms with Crippen molar-refractivity contribution < 1.29 is 98.7 Å². The first-order valence-corrected chi connectivity index (χ1v) is 23.0. The molecule has 2 saturated heterocycles. The minimum Gasteiger partial charge on any atom is -0.480 e. The van der Waals surface area contributed by atoms with Gasteiger partial charge in [-0.3, -0.25) is 4.79 Å². The monoisotopic (exact) mass is 940 g/mol. The lowest BCUT2D eigenvalue weighted by molar-refractivity contribution is -0.345. The topological polar surface area (TPSA) is 326 Å². The maximum atomic E-state index is 14.5. The molecule has 20 nitrogen and oxygen atoms in total. The quantitative estimate of drug-likeness (QED) is 0.0529. The molecule has 7 aliphatic rings. The molecule has 66 heavy (non-hydrogen) atoms. The van der Waals surface area contributed by atoms with Crippen molar-refractivity contribution in [3.63, 3.8) is 0 Å². The van der Waals surface area contributed by atoms with Gasteiger partial charge in [0.1, 0.15) is 49.3 Å². The largest absolute Gasteiger partial charge is 0.480 e. The van der Waals surface area contributed by atoms with Crippen LogP contribution in [0.4, 0.5) is 0 Å². The number of rotatable bonds is 13. The number of allylic oxidation sites excluding steroid dienone is 3. The highest BCUT2D eigenvalue weighted by Gasteiger charge is 2.70. The molecule has 6 fully saturated rings. The molecule has 0 aromatic carbocycles. The molecule has 20 heteroatoms. The van der Waals surface area contributed by atoms with E-state index in [1.165, 1.54) is 5.57 Å². The Balaban J connectivity index is 1.12. The first kappa shape index (κ1) is 50.7. The Morgan fingerprint density at radius 2 is 1.53 bits per heavy atom. The van der Waals surface area contributed by atoms with Gasteiger partial charge in [-0.25, -0.2) is 14.4 Å². The third kappa shape index (κ3) is 8.23. The van der Waals surface area contributed by atoms with E-state index in [0.717, 1.165) is 18.4 Å². The minimum absolute atomic E-state index is 0.0409. The summed E-state index contributed by atoms with van der Waals surface area (Å²) in [5, 5.41) is 103. The van der Waals surface area contributed by atoms with Crippen LogP contribution in [0.3, 0.4) is 0 Å². The molecule has 0 amide bonds. The van der Waals surface area contributed by atoms with Gasteiger partial charge in [0, 0.05) is 5.92 Å². The third-order valence-electron chi connectivity index (χ3n) is 17.7. The number of carboxylic acids is 3. The van der Waals surface area contributed by atoms with Gasteiger partial charge in [0.05, 0.1) is 18.1 Å². The van der Waals surface area contributed by atoms with Crippen molar-refractivity contribution in [1.29, 1.82) is 0 Å². The number of carboxylic acid groups (broad SMARTS) is 3. The van der Waals surface area contributed by atoms with E-state index in [1.807, 2.05) is 0 Å². The lowest BCUT2D eigenvalue weighted by Gasteiger charge is -2.71. The van der Waals surface area contributed by atoms with Gasteiger partial charge in [0.25, 0.3) is 0 Å². The van der Waals surface area contributed by atoms with Gasteiger partial charge < -0.3 is 79.5 Å². The molecule has 5 aliphatic carbocycles. The average molecular weight is 941 g/mol. The van der Waals surface area contributed by atoms with Gasteiger partial charge in [-0.05, 0) is 97.7 Å². The van der Waals surface area contributed by atoms with Gasteiger partial charge in [-0.15, -0.1) is 0 Å². The van der Waals surface area contributed by atoms with Gasteiger partial charge in [-0.2, -0.15) is 0 Å². The lowest BCUT2D eigenvalue weighted by Crippen LogP contribution is -2.66. The number of carbonyl (C=O) groups excluding carboxylic acids is 1. The summed E-state index contributed by atoms with van der Waals surface area (Å²) in [4.78, 5) is 49.7. The van der Waals surface area contributed by atoms with E-state index in [9.17, 15) is 65.1 Å². The Morgan fingerprint density at radius 1 is 0.833 bits per heavy atom. The van der Waals surface area contributed by atoms with E-state index in [2.05, 4.69) is 47.3 Å². The molecule has 0 spiro atoms. The zero-order valence-electron chi connectivity index (χ0n) is 38.1. The molecule has 4 saturated carbocycles. The predicted molar refractivity (Wildman–Crippen MR) is 223 cm³/mol. The highest BCUT2D eigenvalue weighted by Crippen LogP contribution is 2.75. The summed E-state index contributed by atoms with van der Waals surface area (Å²) in [6, 6.07) is 0. The summed E-state index contributed by atoms with van der Waals surface area (Å²) < 4.78 is 34.0. The SMILES string of the molecule is C=C1CC[C@]2(C(=O)O[C@@H]3O[C@H](CO)[C@@H](O)[C@H](O)[C@H]3O)CC[C@]3(C)C(=CC[C@@H]4[C@@]5(C)CC[C@H](O[C@@H]6O[C@H](C(=O)O)[C@@H](O)[C@H](O[C@H](OCC(=O)O)[C@H](O)C(=O)O)[C@H]6O)C(C)(C)[C@@H]5CC[C@]43C)[C@@H]2C1. The fraction of sp³-hybridized carbons (Fsp3) is 0.826. The van der Waals surface area contributed by atoms with Crippen LogP contribution in [0.25, 0.3) is 0 Å². The summed E-state index contributed by atoms with van der Waals surface area (Å²) in [6.45, 7) is 13.6. The van der Waals surface area contributed by atoms with Gasteiger partial charge in [0.15, 0.2) is 18.7 Å². The second-order valence-corrected chi connectivity index (χ2v) is 21.2. The fourth-order valence-corrected chi connectivity index (χ4v) is 13.9. The van der Waals surface area contributed by atoms with Crippen molar-refractivity contribution >= 4 is 23.9 Å². The van der Waals surface area contributed by atoms with Crippen LogP contribution >= 0.6 is 0 Å². The van der Waals surface area contributed by atoms with E-state index in [-0.39, 0.29) is 34.0 Å². The second kappa shape index (κ2) is 18.3. The molecule has 0 aromatic heterocycles. The van der Waals surface area contributed by atoms with Crippen molar-refractivity contribution in [1.82, 2.24) is 0 Å². The number of hydrogen-bond donors (Lipinski definition) is 10. The molecule has 372 valence electrons. The van der Waals surface area contributed by atoms with Gasteiger partial charge in [0.2, 0.25) is 12.4 Å². The molecule has 2 aliphatic heterocycles. The number of fused-ring (bicyclic) bond motifs is 7. The van der Waals surface area contributed by atoms with Gasteiger partial charge >= 0.3 is 23.9 Å². The van der Waals surface area contributed by atoms with Crippen LogP contribution in [0.5, 0.6) is 0 Å². The summed E-state index contributed by atoms with van der Waals surface area (Å²) in [6.07, 6.45) is -14.5. The molecule has 20 atom stereocenters. The van der Waals surface area contributed by atoms with Crippen LogP contribution in [0.2, 0.25) is 0 Å².